The number of H-pyrrole nitrogens is 1. The molecule has 0 saturated carbocycles. The molecule has 4 aromatic rings. The molecule has 1 atom stereocenters. The van der Waals surface area contributed by atoms with Crippen LogP contribution in [0.25, 0.3) is 16.7 Å². The minimum Gasteiger partial charge on any atom is -0.482 e. The standard InChI is InChI=1S/C21H22N6O2/c1-14(2)20(21-24-15-7-3-4-8-16(15)25-21)26-19(28)11-29-18-10-6-5-9-17(18)27-12-22-23-13-27/h3-10,12-14,20H,11H2,1-2H3,(H,24,25)(H,26,28)/t20-/m0/s1. The molecule has 4 rings (SSSR count). The Balaban J connectivity index is 1.46. The van der Waals surface area contributed by atoms with Crippen LogP contribution in [0.3, 0.4) is 0 Å². The molecule has 8 heteroatoms. The number of hydrogen-bond acceptors (Lipinski definition) is 5. The number of hydrogen-bond donors (Lipinski definition) is 2. The molecule has 0 unspecified atom stereocenters. The zero-order chi connectivity index (χ0) is 20.2. The van der Waals surface area contributed by atoms with E-state index < -0.39 is 0 Å². The first-order valence-electron chi connectivity index (χ1n) is 9.42. The lowest BCUT2D eigenvalue weighted by molar-refractivity contribution is -0.124. The van der Waals surface area contributed by atoms with Crippen LogP contribution in [0.4, 0.5) is 0 Å². The maximum absolute atomic E-state index is 12.6. The van der Waals surface area contributed by atoms with Gasteiger partial charge in [-0.15, -0.1) is 10.2 Å². The molecule has 2 aromatic heterocycles. The highest BCUT2D eigenvalue weighted by Gasteiger charge is 2.22. The van der Waals surface area contributed by atoms with Gasteiger partial charge in [0.2, 0.25) is 0 Å². The first-order valence-corrected chi connectivity index (χ1v) is 9.42. The summed E-state index contributed by atoms with van der Waals surface area (Å²) in [4.78, 5) is 20.5. The van der Waals surface area contributed by atoms with E-state index in [1.807, 2.05) is 62.4 Å². The number of rotatable bonds is 7. The monoisotopic (exact) mass is 390 g/mol. The van der Waals surface area contributed by atoms with Crippen LogP contribution in [-0.4, -0.2) is 37.2 Å². The number of nitrogens with one attached hydrogen (secondary N) is 2. The molecule has 1 amide bonds. The number of fused-ring (bicyclic) bond motifs is 1. The number of ether oxygens (including phenoxy) is 1. The molecular formula is C21H22N6O2. The number of aromatic amines is 1. The van der Waals surface area contributed by atoms with Crippen LogP contribution >= 0.6 is 0 Å². The van der Waals surface area contributed by atoms with Crippen LogP contribution in [0.5, 0.6) is 5.75 Å². The van der Waals surface area contributed by atoms with Crippen molar-refractivity contribution in [2.75, 3.05) is 6.61 Å². The number of carbonyl (C=O) groups is 1. The fraction of sp³-hybridized carbons (Fsp3) is 0.238. The van der Waals surface area contributed by atoms with E-state index in [0.29, 0.717) is 5.75 Å². The summed E-state index contributed by atoms with van der Waals surface area (Å²) < 4.78 is 7.51. The lowest BCUT2D eigenvalue weighted by Gasteiger charge is -2.20. The number of nitrogens with zero attached hydrogens (tertiary/aromatic N) is 4. The molecule has 0 saturated heterocycles. The van der Waals surface area contributed by atoms with Crippen molar-refractivity contribution in [3.8, 4) is 11.4 Å². The van der Waals surface area contributed by atoms with Crippen molar-refractivity contribution in [1.29, 1.82) is 0 Å². The highest BCUT2D eigenvalue weighted by atomic mass is 16.5. The van der Waals surface area contributed by atoms with Crippen molar-refractivity contribution in [2.24, 2.45) is 5.92 Å². The predicted molar refractivity (Wildman–Crippen MR) is 109 cm³/mol. The lowest BCUT2D eigenvalue weighted by atomic mass is 10.0. The number of aromatic nitrogens is 5. The normalized spacial score (nSPS) is 12.2. The van der Waals surface area contributed by atoms with Gasteiger partial charge in [0.1, 0.15) is 24.2 Å². The van der Waals surface area contributed by atoms with Crippen LogP contribution in [-0.2, 0) is 4.79 Å². The molecule has 148 valence electrons. The molecule has 2 aromatic carbocycles. The molecule has 0 radical (unpaired) electrons. The van der Waals surface area contributed by atoms with Gasteiger partial charge in [-0.05, 0) is 30.2 Å². The Hall–Kier alpha value is -3.68. The maximum atomic E-state index is 12.6. The predicted octanol–water partition coefficient (Wildman–Crippen LogP) is 3.04. The Morgan fingerprint density at radius 2 is 1.83 bits per heavy atom. The topological polar surface area (TPSA) is 97.7 Å². The van der Waals surface area contributed by atoms with Gasteiger partial charge < -0.3 is 15.0 Å². The first kappa shape index (κ1) is 18.7. The van der Waals surface area contributed by atoms with E-state index in [-0.39, 0.29) is 24.5 Å². The molecule has 0 aliphatic rings. The molecule has 0 aliphatic carbocycles. The van der Waals surface area contributed by atoms with E-state index in [4.69, 9.17) is 4.74 Å². The SMILES string of the molecule is CC(C)[C@H](NC(=O)COc1ccccc1-n1cnnc1)c1nc2ccccc2[nH]1. The van der Waals surface area contributed by atoms with Crippen LogP contribution < -0.4 is 10.1 Å². The Morgan fingerprint density at radius 3 is 2.59 bits per heavy atom. The molecule has 8 nitrogen and oxygen atoms in total. The summed E-state index contributed by atoms with van der Waals surface area (Å²) in [5.74, 6) is 1.25. The van der Waals surface area contributed by atoms with Crippen molar-refractivity contribution in [2.45, 2.75) is 19.9 Å². The zero-order valence-corrected chi connectivity index (χ0v) is 16.2. The Morgan fingerprint density at radius 1 is 1.10 bits per heavy atom. The summed E-state index contributed by atoms with van der Waals surface area (Å²) >= 11 is 0. The average Bonchev–Trinajstić information content (AvgIpc) is 3.40. The van der Waals surface area contributed by atoms with E-state index >= 15 is 0 Å². The van der Waals surface area contributed by atoms with Crippen LogP contribution in [0.2, 0.25) is 0 Å². The van der Waals surface area contributed by atoms with Gasteiger partial charge in [0.25, 0.3) is 5.91 Å². The van der Waals surface area contributed by atoms with Gasteiger partial charge in [-0.2, -0.15) is 0 Å². The fourth-order valence-corrected chi connectivity index (χ4v) is 3.15. The summed E-state index contributed by atoms with van der Waals surface area (Å²) in [5, 5.41) is 10.7. The van der Waals surface area contributed by atoms with Gasteiger partial charge in [0, 0.05) is 0 Å². The summed E-state index contributed by atoms with van der Waals surface area (Å²) in [5.41, 5.74) is 2.59. The van der Waals surface area contributed by atoms with Gasteiger partial charge in [0.05, 0.1) is 22.8 Å². The quantitative estimate of drug-likeness (QED) is 0.505. The van der Waals surface area contributed by atoms with Gasteiger partial charge in [-0.3, -0.25) is 9.36 Å². The van der Waals surface area contributed by atoms with Gasteiger partial charge >= 0.3 is 0 Å². The molecule has 0 aliphatic heterocycles. The van der Waals surface area contributed by atoms with Gasteiger partial charge in [0.15, 0.2) is 6.61 Å². The third kappa shape index (κ3) is 4.11. The smallest absolute Gasteiger partial charge is 0.258 e. The van der Waals surface area contributed by atoms with E-state index in [9.17, 15) is 4.79 Å². The highest BCUT2D eigenvalue weighted by Crippen LogP contribution is 2.23. The van der Waals surface area contributed by atoms with E-state index in [2.05, 4.69) is 25.5 Å². The fourth-order valence-electron chi connectivity index (χ4n) is 3.15. The first-order chi connectivity index (χ1) is 14.1. The van der Waals surface area contributed by atoms with Crippen LogP contribution in [0.1, 0.15) is 25.7 Å². The van der Waals surface area contributed by atoms with Gasteiger partial charge in [-0.25, -0.2) is 4.98 Å². The zero-order valence-electron chi connectivity index (χ0n) is 16.2. The average molecular weight is 390 g/mol. The number of amides is 1. The summed E-state index contributed by atoms with van der Waals surface area (Å²) in [6, 6.07) is 15.0. The molecule has 0 bridgehead atoms. The number of carbonyl (C=O) groups excluding carboxylic acids is 1. The Bertz CT molecular complexity index is 1070. The molecule has 2 N–H and O–H groups in total. The highest BCUT2D eigenvalue weighted by molar-refractivity contribution is 5.79. The van der Waals surface area contributed by atoms with Crippen molar-refractivity contribution in [3.63, 3.8) is 0 Å². The molecule has 0 spiro atoms. The van der Waals surface area contributed by atoms with E-state index in [1.165, 1.54) is 0 Å². The van der Waals surface area contributed by atoms with E-state index in [0.717, 1.165) is 22.5 Å². The molecule has 29 heavy (non-hydrogen) atoms. The molecular weight excluding hydrogens is 368 g/mol. The van der Waals surface area contributed by atoms with Crippen molar-refractivity contribution < 1.29 is 9.53 Å². The lowest BCUT2D eigenvalue weighted by Crippen LogP contribution is -2.35. The third-order valence-electron chi connectivity index (χ3n) is 4.61. The second kappa shape index (κ2) is 8.14. The number of benzene rings is 2. The summed E-state index contributed by atoms with van der Waals surface area (Å²) in [6.07, 6.45) is 3.16. The largest absolute Gasteiger partial charge is 0.482 e. The summed E-state index contributed by atoms with van der Waals surface area (Å²) in [6.45, 7) is 3.98. The van der Waals surface area contributed by atoms with Crippen molar-refractivity contribution in [3.05, 3.63) is 67.0 Å². The third-order valence-corrected chi connectivity index (χ3v) is 4.61. The van der Waals surface area contributed by atoms with Crippen LogP contribution in [0, 0.1) is 5.92 Å². The van der Waals surface area contributed by atoms with Crippen LogP contribution in [0.15, 0.2) is 61.2 Å². The maximum Gasteiger partial charge on any atom is 0.258 e. The van der Waals surface area contributed by atoms with Crippen molar-refractivity contribution >= 4 is 16.9 Å². The van der Waals surface area contributed by atoms with Gasteiger partial charge in [-0.1, -0.05) is 38.1 Å². The second-order valence-electron chi connectivity index (χ2n) is 7.05. The minimum atomic E-state index is -0.244. The Labute approximate surface area is 167 Å². The van der Waals surface area contributed by atoms with E-state index in [1.54, 1.807) is 17.2 Å². The molecule has 2 heterocycles. The summed E-state index contributed by atoms with van der Waals surface area (Å²) in [7, 11) is 0. The Kier molecular flexibility index (Phi) is 5.24. The van der Waals surface area contributed by atoms with Crippen molar-refractivity contribution in [1.82, 2.24) is 30.0 Å². The number of imidazole rings is 1. The number of para-hydroxylation sites is 4. The molecule has 0 fully saturated rings. The second-order valence-corrected chi connectivity index (χ2v) is 7.05. The minimum absolute atomic E-state index is 0.109.